The van der Waals surface area contributed by atoms with Crippen molar-refractivity contribution < 1.29 is 4.79 Å². The van der Waals surface area contributed by atoms with E-state index < -0.39 is 0 Å². The minimum atomic E-state index is 0.0546. The number of hydrogen-bond acceptors (Lipinski definition) is 3. The van der Waals surface area contributed by atoms with Gasteiger partial charge in [-0.05, 0) is 97.9 Å². The number of amides is 1. The van der Waals surface area contributed by atoms with Crippen molar-refractivity contribution in [1.29, 1.82) is 0 Å². The zero-order valence-electron chi connectivity index (χ0n) is 25.5. The Balaban J connectivity index is 1.49. The predicted octanol–water partition coefficient (Wildman–Crippen LogP) is 8.25. The van der Waals surface area contributed by atoms with Crippen LogP contribution in [0, 0.1) is 19.8 Å². The van der Waals surface area contributed by atoms with Gasteiger partial charge in [0.1, 0.15) is 5.69 Å². The first-order chi connectivity index (χ1) is 19.3. The van der Waals surface area contributed by atoms with Crippen molar-refractivity contribution in [3.8, 4) is 11.1 Å². The van der Waals surface area contributed by atoms with E-state index in [4.69, 9.17) is 0 Å². The number of aryl methyl sites for hydroxylation is 3. The average Bonchev–Trinajstić information content (AvgIpc) is 2.97. The van der Waals surface area contributed by atoms with E-state index >= 15 is 0 Å². The fourth-order valence-corrected chi connectivity index (χ4v) is 5.61. The first-order valence-corrected chi connectivity index (χ1v) is 15.5. The van der Waals surface area contributed by atoms with Crippen molar-refractivity contribution in [2.75, 3.05) is 19.6 Å². The second kappa shape index (κ2) is 14.6. The van der Waals surface area contributed by atoms with Crippen LogP contribution in [0.4, 0.5) is 0 Å². The van der Waals surface area contributed by atoms with Gasteiger partial charge in [-0.1, -0.05) is 82.1 Å². The van der Waals surface area contributed by atoms with Gasteiger partial charge in [0.05, 0.1) is 0 Å². The number of pyridine rings is 1. The number of likely N-dealkylation sites (tertiary alicyclic amines) is 1. The van der Waals surface area contributed by atoms with Crippen LogP contribution in [-0.2, 0) is 13.0 Å². The normalized spacial score (nSPS) is 14.6. The third-order valence-electron chi connectivity index (χ3n) is 8.54. The fourth-order valence-electron chi connectivity index (χ4n) is 5.61. The van der Waals surface area contributed by atoms with Gasteiger partial charge in [-0.2, -0.15) is 0 Å². The maximum atomic E-state index is 13.9. The first-order valence-electron chi connectivity index (χ1n) is 15.5. The molecule has 4 heteroatoms. The van der Waals surface area contributed by atoms with Crippen LogP contribution in [-0.4, -0.2) is 46.4 Å². The summed E-state index contributed by atoms with van der Waals surface area (Å²) in [5.41, 5.74) is 8.02. The molecule has 1 aromatic heterocycles. The van der Waals surface area contributed by atoms with Crippen LogP contribution >= 0.6 is 0 Å². The van der Waals surface area contributed by atoms with E-state index in [0.717, 1.165) is 44.8 Å². The minimum absolute atomic E-state index is 0.0546. The van der Waals surface area contributed by atoms with Gasteiger partial charge < -0.3 is 9.80 Å². The molecule has 4 nitrogen and oxygen atoms in total. The molecule has 1 fully saturated rings. The van der Waals surface area contributed by atoms with Crippen LogP contribution in [0.2, 0.25) is 0 Å². The van der Waals surface area contributed by atoms with Crippen LogP contribution in [0.15, 0.2) is 60.8 Å². The summed E-state index contributed by atoms with van der Waals surface area (Å²) in [6.07, 6.45) is 9.81. The van der Waals surface area contributed by atoms with Crippen molar-refractivity contribution in [3.63, 3.8) is 0 Å². The SMILES string of the molecule is CCCCCc1ccc(C(=O)N(Cc2ccc(-c3ccc(C)c(C)c3)cc2)C2CCN(CCC(C)C)CC2)nc1. The Morgan fingerprint density at radius 2 is 1.62 bits per heavy atom. The topological polar surface area (TPSA) is 36.4 Å². The molecule has 3 aromatic rings. The van der Waals surface area contributed by atoms with Crippen molar-refractivity contribution in [2.24, 2.45) is 5.92 Å². The summed E-state index contributed by atoms with van der Waals surface area (Å²) in [6, 6.07) is 19.7. The Bertz CT molecular complexity index is 1210. The summed E-state index contributed by atoms with van der Waals surface area (Å²) in [5, 5.41) is 0. The Morgan fingerprint density at radius 3 is 2.25 bits per heavy atom. The summed E-state index contributed by atoms with van der Waals surface area (Å²) < 4.78 is 0. The number of aromatic nitrogens is 1. The van der Waals surface area contributed by atoms with E-state index in [-0.39, 0.29) is 11.9 Å². The third kappa shape index (κ3) is 8.27. The summed E-state index contributed by atoms with van der Waals surface area (Å²) in [4.78, 5) is 23.2. The van der Waals surface area contributed by atoms with E-state index in [1.54, 1.807) is 0 Å². The van der Waals surface area contributed by atoms with Crippen LogP contribution in [0.1, 0.15) is 92.0 Å². The second-order valence-electron chi connectivity index (χ2n) is 12.2. The molecule has 2 heterocycles. The average molecular weight is 540 g/mol. The number of benzene rings is 2. The highest BCUT2D eigenvalue weighted by Crippen LogP contribution is 2.25. The maximum absolute atomic E-state index is 13.9. The molecule has 0 saturated carbocycles. The Kier molecular flexibility index (Phi) is 10.9. The number of hydrogen-bond donors (Lipinski definition) is 0. The molecule has 1 aliphatic rings. The predicted molar refractivity (Wildman–Crippen MR) is 168 cm³/mol. The molecule has 4 rings (SSSR count). The summed E-state index contributed by atoms with van der Waals surface area (Å²) in [7, 11) is 0. The maximum Gasteiger partial charge on any atom is 0.272 e. The van der Waals surface area contributed by atoms with Crippen LogP contribution in [0.5, 0.6) is 0 Å². The molecule has 1 aliphatic heterocycles. The van der Waals surface area contributed by atoms with Gasteiger partial charge >= 0.3 is 0 Å². The van der Waals surface area contributed by atoms with Gasteiger partial charge in [0.15, 0.2) is 0 Å². The number of carbonyl (C=O) groups excluding carboxylic acids is 1. The first kappa shape index (κ1) is 30.0. The van der Waals surface area contributed by atoms with Crippen LogP contribution in [0.25, 0.3) is 11.1 Å². The molecule has 2 aromatic carbocycles. The van der Waals surface area contributed by atoms with E-state index in [9.17, 15) is 4.79 Å². The lowest BCUT2D eigenvalue weighted by molar-refractivity contribution is 0.0540. The van der Waals surface area contributed by atoms with Crippen LogP contribution in [0.3, 0.4) is 0 Å². The number of nitrogens with zero attached hydrogens (tertiary/aromatic N) is 3. The quantitative estimate of drug-likeness (QED) is 0.217. The molecule has 1 saturated heterocycles. The van der Waals surface area contributed by atoms with Gasteiger partial charge in [0.2, 0.25) is 0 Å². The Morgan fingerprint density at radius 1 is 0.925 bits per heavy atom. The van der Waals surface area contributed by atoms with Crippen molar-refractivity contribution in [2.45, 2.75) is 92.2 Å². The van der Waals surface area contributed by atoms with Gasteiger partial charge in [0, 0.05) is 31.9 Å². The van der Waals surface area contributed by atoms with Crippen molar-refractivity contribution in [3.05, 3.63) is 88.7 Å². The molecule has 0 aliphatic carbocycles. The molecule has 214 valence electrons. The van der Waals surface area contributed by atoms with E-state index in [2.05, 4.69) is 97.9 Å². The number of rotatable bonds is 12. The highest BCUT2D eigenvalue weighted by atomic mass is 16.2. The summed E-state index contributed by atoms with van der Waals surface area (Å²) in [6.45, 7) is 15.0. The Hall–Kier alpha value is -2.98. The molecule has 1 amide bonds. The van der Waals surface area contributed by atoms with Gasteiger partial charge in [-0.15, -0.1) is 0 Å². The number of carbonyl (C=O) groups is 1. The second-order valence-corrected chi connectivity index (χ2v) is 12.2. The lowest BCUT2D eigenvalue weighted by Gasteiger charge is -2.38. The van der Waals surface area contributed by atoms with Gasteiger partial charge in [-0.25, -0.2) is 0 Å². The molecular weight excluding hydrogens is 490 g/mol. The van der Waals surface area contributed by atoms with Crippen molar-refractivity contribution >= 4 is 5.91 Å². The van der Waals surface area contributed by atoms with E-state index in [1.165, 1.54) is 59.1 Å². The highest BCUT2D eigenvalue weighted by molar-refractivity contribution is 5.92. The standard InChI is InChI=1S/C36H49N3O/c1-6-7-8-9-30-13-17-35(37-25-30)36(40)39(34-19-22-38(23-20-34)21-18-27(2)3)26-31-11-15-32(16-12-31)33-14-10-28(4)29(5)24-33/h10-17,24-25,27,34H,6-9,18-23,26H2,1-5H3. The lowest BCUT2D eigenvalue weighted by Crippen LogP contribution is -2.47. The molecule has 0 atom stereocenters. The molecule has 0 radical (unpaired) electrons. The minimum Gasteiger partial charge on any atom is -0.330 e. The summed E-state index contributed by atoms with van der Waals surface area (Å²) in [5.74, 6) is 0.776. The van der Waals surface area contributed by atoms with E-state index in [0.29, 0.717) is 12.2 Å². The molecule has 0 spiro atoms. The largest absolute Gasteiger partial charge is 0.330 e. The summed E-state index contributed by atoms with van der Waals surface area (Å²) >= 11 is 0. The molecular formula is C36H49N3O. The zero-order chi connectivity index (χ0) is 28.5. The Labute approximate surface area is 242 Å². The zero-order valence-corrected chi connectivity index (χ0v) is 25.5. The fraction of sp³-hybridized carbons (Fsp3) is 0.500. The van der Waals surface area contributed by atoms with Crippen molar-refractivity contribution in [1.82, 2.24) is 14.8 Å². The smallest absolute Gasteiger partial charge is 0.272 e. The number of unbranched alkanes of at least 4 members (excludes halogenated alkanes) is 2. The lowest BCUT2D eigenvalue weighted by atomic mass is 9.98. The molecule has 0 unspecified atom stereocenters. The third-order valence-corrected chi connectivity index (χ3v) is 8.54. The highest BCUT2D eigenvalue weighted by Gasteiger charge is 2.29. The monoisotopic (exact) mass is 539 g/mol. The molecule has 40 heavy (non-hydrogen) atoms. The van der Waals surface area contributed by atoms with Gasteiger partial charge in [0.25, 0.3) is 5.91 Å². The van der Waals surface area contributed by atoms with E-state index in [1.807, 2.05) is 12.3 Å². The van der Waals surface area contributed by atoms with Gasteiger partial charge in [-0.3, -0.25) is 9.78 Å². The molecule has 0 N–H and O–H groups in total. The molecule has 0 bridgehead atoms. The number of piperidine rings is 1. The van der Waals surface area contributed by atoms with Crippen LogP contribution < -0.4 is 0 Å².